The first kappa shape index (κ1) is 14.5. The van der Waals surface area contributed by atoms with Crippen molar-refractivity contribution in [1.29, 1.82) is 0 Å². The quantitative estimate of drug-likeness (QED) is 0.943. The molecule has 0 spiro atoms. The van der Waals surface area contributed by atoms with Gasteiger partial charge in [0.05, 0.1) is 12.2 Å². The third-order valence-corrected chi connectivity index (χ3v) is 3.22. The molecule has 2 aromatic rings. The van der Waals surface area contributed by atoms with Crippen LogP contribution in [-0.4, -0.2) is 16.1 Å². The third-order valence-electron chi connectivity index (χ3n) is 2.93. The van der Waals surface area contributed by atoms with E-state index in [0.29, 0.717) is 16.8 Å². The van der Waals surface area contributed by atoms with E-state index in [1.54, 1.807) is 13.0 Å². The van der Waals surface area contributed by atoms with E-state index in [-0.39, 0.29) is 10.8 Å². The van der Waals surface area contributed by atoms with Crippen molar-refractivity contribution in [2.45, 2.75) is 19.9 Å². The lowest BCUT2D eigenvalue weighted by atomic mass is 10.0. The van der Waals surface area contributed by atoms with Crippen LogP contribution in [0.25, 0.3) is 11.3 Å². The summed E-state index contributed by atoms with van der Waals surface area (Å²) in [5.74, 6) is 0.0722. The summed E-state index contributed by atoms with van der Waals surface area (Å²) >= 11 is 5.70. The van der Waals surface area contributed by atoms with Crippen molar-refractivity contribution in [3.8, 4) is 17.0 Å². The number of phenols is 1. The molecule has 2 rings (SSSR count). The Labute approximate surface area is 119 Å². The first-order valence-corrected chi connectivity index (χ1v) is 6.25. The number of hydrogen-bond acceptors (Lipinski definition) is 2. The second-order valence-electron chi connectivity index (χ2n) is 4.37. The highest BCUT2D eigenvalue weighted by Crippen LogP contribution is 2.26. The van der Waals surface area contributed by atoms with Crippen LogP contribution in [0.2, 0.25) is 5.02 Å². The molecule has 0 radical (unpaired) electrons. The van der Waals surface area contributed by atoms with Crippen molar-refractivity contribution in [3.63, 3.8) is 0 Å². The van der Waals surface area contributed by atoms with Gasteiger partial charge < -0.3 is 9.67 Å². The van der Waals surface area contributed by atoms with Crippen LogP contribution in [0.5, 0.6) is 5.75 Å². The number of pyridine rings is 1. The van der Waals surface area contributed by atoms with Crippen molar-refractivity contribution < 1.29 is 13.9 Å². The molecule has 3 nitrogen and oxygen atoms in total. The Morgan fingerprint density at radius 3 is 2.60 bits per heavy atom. The number of hydrogen-bond donors (Lipinski definition) is 1. The molecular formula is C14H12ClF2NO2. The monoisotopic (exact) mass is 299 g/mol. The van der Waals surface area contributed by atoms with Crippen LogP contribution in [0.4, 0.5) is 8.78 Å². The Bertz CT molecular complexity index is 698. The number of nitrogens with zero attached hydrogens (tertiary/aromatic N) is 1. The number of halogens is 3. The van der Waals surface area contributed by atoms with Crippen LogP contribution in [0.3, 0.4) is 0 Å². The highest BCUT2D eigenvalue weighted by molar-refractivity contribution is 6.30. The molecule has 0 bridgehead atoms. The van der Waals surface area contributed by atoms with Crippen molar-refractivity contribution in [2.75, 3.05) is 0 Å². The van der Waals surface area contributed by atoms with E-state index < -0.39 is 18.5 Å². The van der Waals surface area contributed by atoms with Crippen LogP contribution in [0.1, 0.15) is 5.56 Å². The minimum absolute atomic E-state index is 0.0722. The first-order chi connectivity index (χ1) is 9.40. The molecule has 106 valence electrons. The van der Waals surface area contributed by atoms with Gasteiger partial charge in [0.1, 0.15) is 10.8 Å². The fraction of sp³-hybridized carbons (Fsp3) is 0.214. The summed E-state index contributed by atoms with van der Waals surface area (Å²) in [4.78, 5) is 11.9. The average Bonchev–Trinajstić information content (AvgIpc) is 2.36. The summed E-state index contributed by atoms with van der Waals surface area (Å²) in [5, 5.41) is 9.28. The van der Waals surface area contributed by atoms with Crippen molar-refractivity contribution >= 4 is 11.6 Å². The standard InChI is InChI=1S/C14H12ClF2NO2/c1-8-6-9(19)2-3-10(8)12-5-4-11(15)14(20)18(12)7-13(16)17/h2-6,13,19H,7H2,1H3. The topological polar surface area (TPSA) is 42.2 Å². The molecule has 1 aromatic carbocycles. The van der Waals surface area contributed by atoms with Crippen molar-refractivity contribution in [1.82, 2.24) is 4.57 Å². The molecule has 1 heterocycles. The second kappa shape index (κ2) is 5.63. The van der Waals surface area contributed by atoms with Crippen LogP contribution >= 0.6 is 11.6 Å². The molecule has 0 atom stereocenters. The highest BCUT2D eigenvalue weighted by Gasteiger charge is 2.15. The highest BCUT2D eigenvalue weighted by atomic mass is 35.5. The predicted octanol–water partition coefficient (Wildman–Crippen LogP) is 3.45. The maximum atomic E-state index is 12.6. The summed E-state index contributed by atoms with van der Waals surface area (Å²) < 4.78 is 26.3. The number of benzene rings is 1. The molecule has 0 fully saturated rings. The number of alkyl halides is 2. The van der Waals surface area contributed by atoms with Gasteiger partial charge in [0, 0.05) is 5.56 Å². The van der Waals surface area contributed by atoms with E-state index >= 15 is 0 Å². The van der Waals surface area contributed by atoms with Gasteiger partial charge in [0.2, 0.25) is 0 Å². The lowest BCUT2D eigenvalue weighted by molar-refractivity contribution is 0.126. The number of aromatic nitrogens is 1. The van der Waals surface area contributed by atoms with Crippen molar-refractivity contribution in [2.24, 2.45) is 0 Å². The second-order valence-corrected chi connectivity index (χ2v) is 4.78. The molecule has 0 unspecified atom stereocenters. The minimum atomic E-state index is -2.66. The van der Waals surface area contributed by atoms with E-state index in [9.17, 15) is 18.7 Å². The van der Waals surface area contributed by atoms with E-state index in [0.717, 1.165) is 4.57 Å². The Kier molecular flexibility index (Phi) is 4.09. The molecule has 20 heavy (non-hydrogen) atoms. The van der Waals surface area contributed by atoms with Gasteiger partial charge in [-0.3, -0.25) is 4.79 Å². The molecule has 6 heteroatoms. The summed E-state index contributed by atoms with van der Waals surface area (Å²) in [6.45, 7) is 0.996. The molecule has 0 aliphatic heterocycles. The zero-order valence-electron chi connectivity index (χ0n) is 10.6. The molecule has 0 aliphatic rings. The van der Waals surface area contributed by atoms with Crippen LogP contribution in [0, 0.1) is 6.92 Å². The van der Waals surface area contributed by atoms with Gasteiger partial charge in [-0.2, -0.15) is 0 Å². The Morgan fingerprint density at radius 2 is 2.00 bits per heavy atom. The third kappa shape index (κ3) is 2.82. The van der Waals surface area contributed by atoms with Gasteiger partial charge in [-0.15, -0.1) is 0 Å². The zero-order valence-corrected chi connectivity index (χ0v) is 11.4. The number of aromatic hydroxyl groups is 1. The lowest BCUT2D eigenvalue weighted by Gasteiger charge is -2.15. The fourth-order valence-electron chi connectivity index (χ4n) is 2.04. The number of phenolic OH excluding ortho intramolecular Hbond substituents is 1. The fourth-order valence-corrected chi connectivity index (χ4v) is 2.21. The maximum Gasteiger partial charge on any atom is 0.269 e. The van der Waals surface area contributed by atoms with Gasteiger partial charge >= 0.3 is 0 Å². The van der Waals surface area contributed by atoms with E-state index in [1.165, 1.54) is 24.3 Å². The van der Waals surface area contributed by atoms with Gasteiger partial charge in [0.15, 0.2) is 0 Å². The zero-order chi connectivity index (χ0) is 14.9. The average molecular weight is 300 g/mol. The maximum absolute atomic E-state index is 12.6. The smallest absolute Gasteiger partial charge is 0.269 e. The summed E-state index contributed by atoms with van der Waals surface area (Å²) in [6, 6.07) is 7.42. The molecule has 0 amide bonds. The molecule has 1 aromatic heterocycles. The minimum Gasteiger partial charge on any atom is -0.508 e. The Hall–Kier alpha value is -1.88. The lowest BCUT2D eigenvalue weighted by Crippen LogP contribution is -2.25. The predicted molar refractivity (Wildman–Crippen MR) is 73.6 cm³/mol. The van der Waals surface area contributed by atoms with Crippen LogP contribution in [-0.2, 0) is 6.54 Å². The number of aryl methyl sites for hydroxylation is 1. The van der Waals surface area contributed by atoms with E-state index in [4.69, 9.17) is 11.6 Å². The SMILES string of the molecule is Cc1cc(O)ccc1-c1ccc(Cl)c(=O)n1CC(F)F. The first-order valence-electron chi connectivity index (χ1n) is 5.87. The summed E-state index contributed by atoms with van der Waals surface area (Å²) in [5.41, 5.74) is 0.959. The Morgan fingerprint density at radius 1 is 1.30 bits per heavy atom. The van der Waals surface area contributed by atoms with E-state index in [2.05, 4.69) is 0 Å². The normalized spacial score (nSPS) is 11.1. The summed E-state index contributed by atoms with van der Waals surface area (Å²) in [7, 11) is 0. The van der Waals surface area contributed by atoms with Gasteiger partial charge in [-0.1, -0.05) is 11.6 Å². The van der Waals surface area contributed by atoms with Gasteiger partial charge in [-0.05, 0) is 42.8 Å². The molecule has 0 saturated heterocycles. The number of rotatable bonds is 3. The molecule has 0 saturated carbocycles. The molecule has 1 N–H and O–H groups in total. The van der Waals surface area contributed by atoms with Gasteiger partial charge in [-0.25, -0.2) is 8.78 Å². The van der Waals surface area contributed by atoms with Crippen LogP contribution < -0.4 is 5.56 Å². The van der Waals surface area contributed by atoms with Crippen molar-refractivity contribution in [3.05, 3.63) is 51.3 Å². The molecular weight excluding hydrogens is 288 g/mol. The Balaban J connectivity index is 2.67. The van der Waals surface area contributed by atoms with E-state index in [1.807, 2.05) is 0 Å². The molecule has 0 aliphatic carbocycles. The van der Waals surface area contributed by atoms with Gasteiger partial charge in [0.25, 0.3) is 12.0 Å². The largest absolute Gasteiger partial charge is 0.508 e. The van der Waals surface area contributed by atoms with Crippen LogP contribution in [0.15, 0.2) is 35.1 Å². The summed E-state index contributed by atoms with van der Waals surface area (Å²) in [6.07, 6.45) is -2.66.